The van der Waals surface area contributed by atoms with Crippen molar-refractivity contribution in [2.75, 3.05) is 37.8 Å². The predicted octanol–water partition coefficient (Wildman–Crippen LogP) is 1.42. The first-order chi connectivity index (χ1) is 12.6. The number of rotatable bonds is 5. The summed E-state index contributed by atoms with van der Waals surface area (Å²) in [6, 6.07) is 7.31. The summed E-state index contributed by atoms with van der Waals surface area (Å²) in [7, 11) is 0. The standard InChI is InChI=1S/C16H17IN4O4S/c17-11-1-3-12(4-2-11)25-9-14(22)19-20-15(23)13-10-26-16(18-13)21-5-7-24-8-6-21/h1-4,10H,5-9H2,(H,19,22)(H,20,23). The molecule has 0 spiro atoms. The van der Waals surface area contributed by atoms with Crippen molar-refractivity contribution in [2.45, 2.75) is 0 Å². The molecule has 1 aliphatic rings. The van der Waals surface area contributed by atoms with Crippen molar-refractivity contribution >= 4 is 50.9 Å². The Kier molecular flexibility index (Phi) is 6.63. The summed E-state index contributed by atoms with van der Waals surface area (Å²) in [5, 5.41) is 2.43. The molecular weight excluding hydrogens is 471 g/mol. The fraction of sp³-hybridized carbons (Fsp3) is 0.312. The molecule has 2 amide bonds. The summed E-state index contributed by atoms with van der Waals surface area (Å²) < 4.78 is 11.7. The highest BCUT2D eigenvalue weighted by molar-refractivity contribution is 14.1. The zero-order chi connectivity index (χ0) is 18.4. The van der Waals surface area contributed by atoms with Crippen molar-refractivity contribution in [3.8, 4) is 5.75 Å². The van der Waals surface area contributed by atoms with Gasteiger partial charge in [0.1, 0.15) is 11.4 Å². The van der Waals surface area contributed by atoms with Gasteiger partial charge in [-0.05, 0) is 46.9 Å². The van der Waals surface area contributed by atoms with Gasteiger partial charge in [0.2, 0.25) is 0 Å². The van der Waals surface area contributed by atoms with Gasteiger partial charge in [0.15, 0.2) is 11.7 Å². The zero-order valence-corrected chi connectivity index (χ0v) is 16.7. The third-order valence-corrected chi connectivity index (χ3v) is 5.13. The number of ether oxygens (including phenoxy) is 2. The van der Waals surface area contributed by atoms with Gasteiger partial charge in [-0.15, -0.1) is 11.3 Å². The van der Waals surface area contributed by atoms with Gasteiger partial charge in [0.05, 0.1) is 13.2 Å². The Morgan fingerprint density at radius 1 is 1.23 bits per heavy atom. The summed E-state index contributed by atoms with van der Waals surface area (Å²) in [6.45, 7) is 2.61. The lowest BCUT2D eigenvalue weighted by molar-refractivity contribution is -0.123. The molecule has 1 aromatic heterocycles. The molecule has 138 valence electrons. The molecule has 2 aromatic rings. The number of thiazole rings is 1. The molecular formula is C16H17IN4O4S. The molecule has 1 aliphatic heterocycles. The van der Waals surface area contributed by atoms with E-state index in [2.05, 4.69) is 43.3 Å². The first kappa shape index (κ1) is 18.9. The van der Waals surface area contributed by atoms with Gasteiger partial charge in [-0.2, -0.15) is 0 Å². The van der Waals surface area contributed by atoms with Crippen molar-refractivity contribution < 1.29 is 19.1 Å². The van der Waals surface area contributed by atoms with Gasteiger partial charge in [0.25, 0.3) is 11.8 Å². The van der Waals surface area contributed by atoms with Crippen LogP contribution in [0.4, 0.5) is 5.13 Å². The van der Waals surface area contributed by atoms with Crippen LogP contribution in [-0.4, -0.2) is 49.7 Å². The summed E-state index contributed by atoms with van der Waals surface area (Å²) in [6.07, 6.45) is 0. The number of amides is 2. The number of nitrogens with one attached hydrogen (secondary N) is 2. The van der Waals surface area contributed by atoms with Crippen LogP contribution in [0, 0.1) is 3.57 Å². The molecule has 0 unspecified atom stereocenters. The van der Waals surface area contributed by atoms with E-state index in [-0.39, 0.29) is 12.3 Å². The van der Waals surface area contributed by atoms with Crippen molar-refractivity contribution in [1.82, 2.24) is 15.8 Å². The Hall–Kier alpha value is -1.92. The van der Waals surface area contributed by atoms with E-state index >= 15 is 0 Å². The second-order valence-corrected chi connectivity index (χ2v) is 7.44. The fourth-order valence-electron chi connectivity index (χ4n) is 2.17. The van der Waals surface area contributed by atoms with Gasteiger partial charge in [-0.25, -0.2) is 4.98 Å². The van der Waals surface area contributed by atoms with Crippen LogP contribution in [-0.2, 0) is 9.53 Å². The largest absolute Gasteiger partial charge is 0.484 e. The third kappa shape index (κ3) is 5.29. The molecule has 3 rings (SSSR count). The van der Waals surface area contributed by atoms with Crippen LogP contribution in [0.15, 0.2) is 29.6 Å². The molecule has 26 heavy (non-hydrogen) atoms. The van der Waals surface area contributed by atoms with E-state index in [1.165, 1.54) is 11.3 Å². The predicted molar refractivity (Wildman–Crippen MR) is 105 cm³/mol. The maximum absolute atomic E-state index is 12.1. The van der Waals surface area contributed by atoms with E-state index < -0.39 is 11.8 Å². The van der Waals surface area contributed by atoms with Crippen molar-refractivity contribution in [2.24, 2.45) is 0 Å². The van der Waals surface area contributed by atoms with Crippen LogP contribution >= 0.6 is 33.9 Å². The Bertz CT molecular complexity index is 762. The molecule has 0 bridgehead atoms. The number of carbonyl (C=O) groups excluding carboxylic acids is 2. The number of aromatic nitrogens is 1. The molecule has 1 fully saturated rings. The highest BCUT2D eigenvalue weighted by Crippen LogP contribution is 2.21. The SMILES string of the molecule is O=C(COc1ccc(I)cc1)NNC(=O)c1csc(N2CCOCC2)n1. The minimum absolute atomic E-state index is 0.197. The number of hydrogen-bond donors (Lipinski definition) is 2. The molecule has 0 radical (unpaired) electrons. The minimum Gasteiger partial charge on any atom is -0.484 e. The van der Waals surface area contributed by atoms with E-state index in [1.807, 2.05) is 12.1 Å². The summed E-state index contributed by atoms with van der Waals surface area (Å²) >= 11 is 3.57. The monoisotopic (exact) mass is 488 g/mol. The molecule has 2 N–H and O–H groups in total. The van der Waals surface area contributed by atoms with Crippen LogP contribution in [0.1, 0.15) is 10.5 Å². The third-order valence-electron chi connectivity index (χ3n) is 3.51. The topological polar surface area (TPSA) is 92.8 Å². The van der Waals surface area contributed by atoms with Crippen LogP contribution in [0.25, 0.3) is 0 Å². The first-order valence-corrected chi connectivity index (χ1v) is 9.83. The fourth-order valence-corrected chi connectivity index (χ4v) is 3.39. The van der Waals surface area contributed by atoms with Crippen molar-refractivity contribution in [3.63, 3.8) is 0 Å². The number of nitrogens with zero attached hydrogens (tertiary/aromatic N) is 2. The summed E-state index contributed by atoms with van der Waals surface area (Å²) in [5.74, 6) is -0.342. The molecule has 2 heterocycles. The van der Waals surface area contributed by atoms with Crippen LogP contribution in [0.2, 0.25) is 0 Å². The number of morpholine rings is 1. The van der Waals surface area contributed by atoms with E-state index in [0.717, 1.165) is 21.8 Å². The molecule has 1 saturated heterocycles. The first-order valence-electron chi connectivity index (χ1n) is 7.87. The molecule has 0 atom stereocenters. The quantitative estimate of drug-likeness (QED) is 0.489. The maximum Gasteiger partial charge on any atom is 0.289 e. The highest BCUT2D eigenvalue weighted by atomic mass is 127. The number of hydrazine groups is 1. The lowest BCUT2D eigenvalue weighted by Crippen LogP contribution is -2.44. The summed E-state index contributed by atoms with van der Waals surface area (Å²) in [4.78, 5) is 30.2. The second-order valence-electron chi connectivity index (χ2n) is 5.36. The van der Waals surface area contributed by atoms with Gasteiger partial charge in [0, 0.05) is 22.0 Å². The van der Waals surface area contributed by atoms with Gasteiger partial charge in [-0.3, -0.25) is 20.4 Å². The minimum atomic E-state index is -0.469. The number of benzene rings is 1. The van der Waals surface area contributed by atoms with Gasteiger partial charge in [-0.1, -0.05) is 0 Å². The number of carbonyl (C=O) groups is 2. The molecule has 1 aromatic carbocycles. The second kappa shape index (κ2) is 9.14. The highest BCUT2D eigenvalue weighted by Gasteiger charge is 2.17. The van der Waals surface area contributed by atoms with E-state index in [0.29, 0.717) is 19.0 Å². The van der Waals surface area contributed by atoms with E-state index in [9.17, 15) is 9.59 Å². The van der Waals surface area contributed by atoms with Crippen molar-refractivity contribution in [3.05, 3.63) is 38.9 Å². The lowest BCUT2D eigenvalue weighted by Gasteiger charge is -2.25. The van der Waals surface area contributed by atoms with Gasteiger partial charge >= 0.3 is 0 Å². The number of hydrogen-bond acceptors (Lipinski definition) is 7. The average Bonchev–Trinajstić information content (AvgIpc) is 3.17. The normalized spacial score (nSPS) is 14.0. The summed E-state index contributed by atoms with van der Waals surface area (Å²) in [5.41, 5.74) is 4.92. The number of halogens is 1. The van der Waals surface area contributed by atoms with E-state index in [1.54, 1.807) is 17.5 Å². The Labute approximate surface area is 168 Å². The van der Waals surface area contributed by atoms with Crippen molar-refractivity contribution in [1.29, 1.82) is 0 Å². The molecule has 0 aliphatic carbocycles. The molecule has 0 saturated carbocycles. The van der Waals surface area contributed by atoms with Gasteiger partial charge < -0.3 is 14.4 Å². The lowest BCUT2D eigenvalue weighted by atomic mass is 10.3. The molecule has 8 nitrogen and oxygen atoms in total. The average molecular weight is 488 g/mol. The number of anilines is 1. The van der Waals surface area contributed by atoms with Crippen LogP contribution in [0.3, 0.4) is 0 Å². The Balaban J connectivity index is 1.43. The van der Waals surface area contributed by atoms with Crippen LogP contribution in [0.5, 0.6) is 5.75 Å². The zero-order valence-electron chi connectivity index (χ0n) is 13.7. The van der Waals surface area contributed by atoms with Crippen LogP contribution < -0.4 is 20.5 Å². The van der Waals surface area contributed by atoms with E-state index in [4.69, 9.17) is 9.47 Å². The smallest absolute Gasteiger partial charge is 0.289 e. The maximum atomic E-state index is 12.1. The Morgan fingerprint density at radius 3 is 2.69 bits per heavy atom. The molecule has 10 heteroatoms. The Morgan fingerprint density at radius 2 is 1.96 bits per heavy atom.